The van der Waals surface area contributed by atoms with Crippen LogP contribution in [0, 0.1) is 0 Å². The molecule has 1 aliphatic heterocycles. The van der Waals surface area contributed by atoms with Crippen LogP contribution in [0.3, 0.4) is 0 Å². The second-order valence-electron chi connectivity index (χ2n) is 6.61. The molecule has 1 heterocycles. The molecule has 5 nitrogen and oxygen atoms in total. The van der Waals surface area contributed by atoms with E-state index in [0.29, 0.717) is 31.4 Å². The second-order valence-corrected chi connectivity index (χ2v) is 6.61. The van der Waals surface area contributed by atoms with Gasteiger partial charge in [-0.3, -0.25) is 9.69 Å². The molecule has 0 amide bonds. The summed E-state index contributed by atoms with van der Waals surface area (Å²) in [4.78, 5) is 14.1. The summed E-state index contributed by atoms with van der Waals surface area (Å²) >= 11 is 0. The number of hydrogen-bond acceptors (Lipinski definition) is 5. The molecule has 5 heteroatoms. The molecular weight excluding hydrogens is 292 g/mol. The van der Waals surface area contributed by atoms with Gasteiger partial charge in [0.15, 0.2) is 0 Å². The molecule has 0 radical (unpaired) electrons. The molecule has 0 aromatic heterocycles. The molecule has 126 valence electrons. The lowest BCUT2D eigenvalue weighted by Crippen LogP contribution is -2.46. The third-order valence-electron chi connectivity index (χ3n) is 4.65. The lowest BCUT2D eigenvalue weighted by atomic mass is 9.90. The number of nitrogens with two attached hydrogens (primary N) is 1. The van der Waals surface area contributed by atoms with Crippen molar-refractivity contribution < 1.29 is 14.3 Å². The van der Waals surface area contributed by atoms with Crippen LogP contribution in [0.1, 0.15) is 31.2 Å². The van der Waals surface area contributed by atoms with Crippen molar-refractivity contribution in [3.63, 3.8) is 0 Å². The number of carbonyl (C=O) groups excluding carboxylic acids is 1. The van der Waals surface area contributed by atoms with Crippen molar-refractivity contribution in [2.45, 2.75) is 50.5 Å². The van der Waals surface area contributed by atoms with Gasteiger partial charge in [-0.15, -0.1) is 0 Å². The lowest BCUT2D eigenvalue weighted by molar-refractivity contribution is -0.147. The Labute approximate surface area is 137 Å². The van der Waals surface area contributed by atoms with E-state index in [0.717, 1.165) is 44.3 Å². The molecule has 0 atom stereocenters. The summed E-state index contributed by atoms with van der Waals surface area (Å²) in [6, 6.07) is 10.1. The van der Waals surface area contributed by atoms with Gasteiger partial charge >= 0.3 is 5.97 Å². The Balaban J connectivity index is 1.31. The molecular formula is C18H26N2O3. The number of nitrogens with zero attached hydrogens (tertiary/aromatic N) is 1. The SMILES string of the molecule is N[C@H]1C[C@H](OC2CCN(CC(=O)OCc3ccccc3)CC2)C1. The van der Waals surface area contributed by atoms with Crippen LogP contribution in [0.25, 0.3) is 0 Å². The smallest absolute Gasteiger partial charge is 0.320 e. The molecule has 2 fully saturated rings. The molecule has 0 bridgehead atoms. The minimum Gasteiger partial charge on any atom is -0.460 e. The maximum Gasteiger partial charge on any atom is 0.320 e. The zero-order valence-corrected chi connectivity index (χ0v) is 13.5. The first-order chi connectivity index (χ1) is 11.2. The van der Waals surface area contributed by atoms with Crippen molar-refractivity contribution in [1.29, 1.82) is 0 Å². The molecule has 2 N–H and O–H groups in total. The van der Waals surface area contributed by atoms with Crippen molar-refractivity contribution in [1.82, 2.24) is 4.90 Å². The summed E-state index contributed by atoms with van der Waals surface area (Å²) in [7, 11) is 0. The van der Waals surface area contributed by atoms with Crippen molar-refractivity contribution in [2.24, 2.45) is 5.73 Å². The Kier molecular flexibility index (Phi) is 5.65. The van der Waals surface area contributed by atoms with Gasteiger partial charge in [0.05, 0.1) is 18.8 Å². The average Bonchev–Trinajstić information content (AvgIpc) is 2.54. The summed E-state index contributed by atoms with van der Waals surface area (Å²) in [6.07, 6.45) is 4.63. The Bertz CT molecular complexity index is 494. The highest BCUT2D eigenvalue weighted by Crippen LogP contribution is 2.25. The summed E-state index contributed by atoms with van der Waals surface area (Å²) < 4.78 is 11.4. The standard InChI is InChI=1S/C18H26N2O3/c19-15-10-17(11-15)23-16-6-8-20(9-7-16)12-18(21)22-13-14-4-2-1-3-5-14/h1-5,15-17H,6-13,19H2/t15-,17-. The Morgan fingerprint density at radius 1 is 1.13 bits per heavy atom. The van der Waals surface area contributed by atoms with Crippen LogP contribution in [0.2, 0.25) is 0 Å². The number of likely N-dealkylation sites (tertiary alicyclic amines) is 1. The van der Waals surface area contributed by atoms with Gasteiger partial charge in [0.2, 0.25) is 0 Å². The molecule has 1 aromatic rings. The predicted molar refractivity (Wildman–Crippen MR) is 87.8 cm³/mol. The van der Waals surface area contributed by atoms with E-state index in [1.54, 1.807) is 0 Å². The van der Waals surface area contributed by atoms with E-state index in [1.807, 2.05) is 30.3 Å². The number of ether oxygens (including phenoxy) is 2. The van der Waals surface area contributed by atoms with Crippen LogP contribution in [0.4, 0.5) is 0 Å². The Hall–Kier alpha value is -1.43. The van der Waals surface area contributed by atoms with E-state index in [9.17, 15) is 4.79 Å². The van der Waals surface area contributed by atoms with Gasteiger partial charge in [-0.2, -0.15) is 0 Å². The summed E-state index contributed by atoms with van der Waals surface area (Å²) in [5.41, 5.74) is 6.80. The van der Waals surface area contributed by atoms with Crippen LogP contribution >= 0.6 is 0 Å². The highest BCUT2D eigenvalue weighted by atomic mass is 16.5. The van der Waals surface area contributed by atoms with Crippen molar-refractivity contribution >= 4 is 5.97 Å². The van der Waals surface area contributed by atoms with Gasteiger partial charge < -0.3 is 15.2 Å². The Morgan fingerprint density at radius 3 is 2.48 bits per heavy atom. The Morgan fingerprint density at radius 2 is 1.83 bits per heavy atom. The molecule has 1 saturated heterocycles. The third-order valence-corrected chi connectivity index (χ3v) is 4.65. The number of esters is 1. The van der Waals surface area contributed by atoms with Gasteiger partial charge in [0, 0.05) is 19.1 Å². The maximum atomic E-state index is 11.9. The fourth-order valence-corrected chi connectivity index (χ4v) is 3.16. The molecule has 0 spiro atoms. The molecule has 23 heavy (non-hydrogen) atoms. The van der Waals surface area contributed by atoms with Crippen LogP contribution in [0.5, 0.6) is 0 Å². The van der Waals surface area contributed by atoms with Crippen LogP contribution in [-0.2, 0) is 20.9 Å². The minimum absolute atomic E-state index is 0.154. The fraction of sp³-hybridized carbons (Fsp3) is 0.611. The molecule has 1 saturated carbocycles. The van der Waals surface area contributed by atoms with Crippen molar-refractivity contribution in [2.75, 3.05) is 19.6 Å². The van der Waals surface area contributed by atoms with Gasteiger partial charge in [0.1, 0.15) is 6.61 Å². The van der Waals surface area contributed by atoms with E-state index in [1.165, 1.54) is 0 Å². The van der Waals surface area contributed by atoms with Crippen LogP contribution in [0.15, 0.2) is 30.3 Å². The first kappa shape index (κ1) is 16.4. The molecule has 1 aromatic carbocycles. The molecule has 0 unspecified atom stereocenters. The molecule has 2 aliphatic rings. The largest absolute Gasteiger partial charge is 0.460 e. The van der Waals surface area contributed by atoms with Crippen LogP contribution in [-0.4, -0.2) is 48.8 Å². The van der Waals surface area contributed by atoms with Crippen molar-refractivity contribution in [3.8, 4) is 0 Å². The average molecular weight is 318 g/mol. The monoisotopic (exact) mass is 318 g/mol. The third kappa shape index (κ3) is 5.03. The highest BCUT2D eigenvalue weighted by Gasteiger charge is 2.30. The van der Waals surface area contributed by atoms with E-state index in [-0.39, 0.29) is 5.97 Å². The van der Waals surface area contributed by atoms with E-state index in [4.69, 9.17) is 15.2 Å². The van der Waals surface area contributed by atoms with Gasteiger partial charge in [-0.25, -0.2) is 0 Å². The first-order valence-corrected chi connectivity index (χ1v) is 8.52. The zero-order valence-electron chi connectivity index (χ0n) is 13.5. The minimum atomic E-state index is -0.154. The number of benzene rings is 1. The summed E-state index contributed by atoms with van der Waals surface area (Å²) in [5.74, 6) is -0.154. The highest BCUT2D eigenvalue weighted by molar-refractivity contribution is 5.71. The summed E-state index contributed by atoms with van der Waals surface area (Å²) in [6.45, 7) is 2.50. The lowest BCUT2D eigenvalue weighted by Gasteiger charge is -2.38. The molecule has 3 rings (SSSR count). The topological polar surface area (TPSA) is 64.8 Å². The maximum absolute atomic E-state index is 11.9. The number of rotatable bonds is 6. The normalized spacial score (nSPS) is 25.8. The van der Waals surface area contributed by atoms with Crippen molar-refractivity contribution in [3.05, 3.63) is 35.9 Å². The quantitative estimate of drug-likeness (QED) is 0.809. The van der Waals surface area contributed by atoms with E-state index >= 15 is 0 Å². The number of hydrogen-bond donors (Lipinski definition) is 1. The van der Waals surface area contributed by atoms with Gasteiger partial charge in [-0.05, 0) is 31.2 Å². The summed E-state index contributed by atoms with van der Waals surface area (Å²) in [5, 5.41) is 0. The zero-order chi connectivity index (χ0) is 16.1. The first-order valence-electron chi connectivity index (χ1n) is 8.52. The van der Waals surface area contributed by atoms with Crippen LogP contribution < -0.4 is 5.73 Å². The fourth-order valence-electron chi connectivity index (χ4n) is 3.16. The second kappa shape index (κ2) is 7.90. The predicted octanol–water partition coefficient (Wildman–Crippen LogP) is 1.70. The number of carbonyl (C=O) groups is 1. The van der Waals surface area contributed by atoms with E-state index < -0.39 is 0 Å². The van der Waals surface area contributed by atoms with Gasteiger partial charge in [0.25, 0.3) is 0 Å². The molecule has 1 aliphatic carbocycles. The van der Waals surface area contributed by atoms with Gasteiger partial charge in [-0.1, -0.05) is 30.3 Å². The number of piperidine rings is 1. The van der Waals surface area contributed by atoms with E-state index in [2.05, 4.69) is 4.90 Å².